The van der Waals surface area contributed by atoms with E-state index in [9.17, 15) is 4.79 Å². The van der Waals surface area contributed by atoms with E-state index in [1.54, 1.807) is 12.3 Å². The number of nitrogen functional groups attached to an aromatic ring is 1. The highest BCUT2D eigenvalue weighted by atomic mass is 16.5. The summed E-state index contributed by atoms with van der Waals surface area (Å²) in [5.41, 5.74) is 6.49. The number of aromatic nitrogens is 1. The highest BCUT2D eigenvalue weighted by Gasteiger charge is 2.25. The summed E-state index contributed by atoms with van der Waals surface area (Å²) < 4.78 is 5.54. The quantitative estimate of drug-likeness (QED) is 0.841. The number of likely N-dealkylation sites (N-methyl/N-ethyl adjacent to an activating group) is 1. The van der Waals surface area contributed by atoms with Gasteiger partial charge in [0.15, 0.2) is 5.78 Å². The van der Waals surface area contributed by atoms with Crippen molar-refractivity contribution in [2.75, 3.05) is 32.0 Å². The average Bonchev–Trinajstić information content (AvgIpc) is 2.39. The number of anilines is 1. The van der Waals surface area contributed by atoms with Gasteiger partial charge in [-0.2, -0.15) is 0 Å². The molecule has 5 heteroatoms. The van der Waals surface area contributed by atoms with E-state index in [0.717, 1.165) is 18.7 Å². The van der Waals surface area contributed by atoms with Crippen molar-refractivity contribution < 1.29 is 9.53 Å². The highest BCUT2D eigenvalue weighted by Crippen LogP contribution is 2.10. The molecule has 0 aromatic carbocycles. The molecule has 1 aliphatic rings. The van der Waals surface area contributed by atoms with E-state index in [1.165, 1.54) is 0 Å². The first-order valence-corrected chi connectivity index (χ1v) is 6.26. The molecule has 1 atom stereocenters. The summed E-state index contributed by atoms with van der Waals surface area (Å²) in [7, 11) is 0. The Balaban J connectivity index is 1.95. The number of nitrogens with two attached hydrogens (primary N) is 1. The number of ketones is 1. The Kier molecular flexibility index (Phi) is 4.28. The van der Waals surface area contributed by atoms with E-state index >= 15 is 0 Å². The second kappa shape index (κ2) is 5.93. The summed E-state index contributed by atoms with van der Waals surface area (Å²) in [5, 5.41) is 0. The number of hydrogen-bond acceptors (Lipinski definition) is 5. The van der Waals surface area contributed by atoms with Crippen molar-refractivity contribution in [1.82, 2.24) is 9.88 Å². The molecule has 1 aromatic rings. The number of ether oxygens (including phenoxy) is 1. The fourth-order valence-electron chi connectivity index (χ4n) is 2.10. The zero-order chi connectivity index (χ0) is 13.0. The lowest BCUT2D eigenvalue weighted by Crippen LogP contribution is -2.46. The van der Waals surface area contributed by atoms with Gasteiger partial charge in [-0.05, 0) is 24.2 Å². The SMILES string of the molecule is CCN1CCOC(C(=O)Cc2ccnc(N)c2)C1. The molecule has 1 aliphatic heterocycles. The van der Waals surface area contributed by atoms with Crippen LogP contribution in [0, 0.1) is 0 Å². The molecule has 1 unspecified atom stereocenters. The van der Waals surface area contributed by atoms with E-state index in [2.05, 4.69) is 16.8 Å². The maximum Gasteiger partial charge on any atom is 0.167 e. The summed E-state index contributed by atoms with van der Waals surface area (Å²) in [6.45, 7) is 5.27. The molecule has 98 valence electrons. The molecule has 0 bridgehead atoms. The van der Waals surface area contributed by atoms with Gasteiger partial charge >= 0.3 is 0 Å². The molecule has 5 nitrogen and oxygen atoms in total. The number of Topliss-reactive ketones (excluding diaryl/α,β-unsaturated/α-hetero) is 1. The Bertz CT molecular complexity index is 422. The normalized spacial score (nSPS) is 20.8. The monoisotopic (exact) mass is 249 g/mol. The third kappa shape index (κ3) is 3.27. The average molecular weight is 249 g/mol. The molecular weight excluding hydrogens is 230 g/mol. The number of morpholine rings is 1. The van der Waals surface area contributed by atoms with Crippen molar-refractivity contribution in [2.45, 2.75) is 19.4 Å². The van der Waals surface area contributed by atoms with Crippen LogP contribution < -0.4 is 5.73 Å². The lowest BCUT2D eigenvalue weighted by molar-refractivity contribution is -0.135. The van der Waals surface area contributed by atoms with E-state index in [0.29, 0.717) is 25.4 Å². The van der Waals surface area contributed by atoms with Crippen molar-refractivity contribution in [3.63, 3.8) is 0 Å². The molecule has 2 rings (SSSR count). The third-order valence-corrected chi connectivity index (χ3v) is 3.18. The Morgan fingerprint density at radius 1 is 1.67 bits per heavy atom. The lowest BCUT2D eigenvalue weighted by atomic mass is 10.1. The molecule has 1 aromatic heterocycles. The van der Waals surface area contributed by atoms with Gasteiger partial charge in [0, 0.05) is 25.7 Å². The number of pyridine rings is 1. The van der Waals surface area contributed by atoms with Gasteiger partial charge in [0.25, 0.3) is 0 Å². The van der Waals surface area contributed by atoms with E-state index in [4.69, 9.17) is 10.5 Å². The minimum absolute atomic E-state index is 0.110. The van der Waals surface area contributed by atoms with Gasteiger partial charge in [-0.15, -0.1) is 0 Å². The van der Waals surface area contributed by atoms with E-state index in [-0.39, 0.29) is 11.9 Å². The Labute approximate surface area is 107 Å². The Morgan fingerprint density at radius 2 is 2.50 bits per heavy atom. The lowest BCUT2D eigenvalue weighted by Gasteiger charge is -2.31. The van der Waals surface area contributed by atoms with Gasteiger partial charge < -0.3 is 10.5 Å². The Morgan fingerprint density at radius 3 is 3.22 bits per heavy atom. The van der Waals surface area contributed by atoms with Crippen molar-refractivity contribution >= 4 is 11.6 Å². The van der Waals surface area contributed by atoms with Gasteiger partial charge in [0.2, 0.25) is 0 Å². The number of carbonyl (C=O) groups excluding carboxylic acids is 1. The fraction of sp³-hybridized carbons (Fsp3) is 0.538. The number of nitrogens with zero attached hydrogens (tertiary/aromatic N) is 2. The largest absolute Gasteiger partial charge is 0.384 e. The van der Waals surface area contributed by atoms with Gasteiger partial charge in [0.1, 0.15) is 11.9 Å². The van der Waals surface area contributed by atoms with Gasteiger partial charge in [-0.3, -0.25) is 9.69 Å². The third-order valence-electron chi connectivity index (χ3n) is 3.18. The smallest absolute Gasteiger partial charge is 0.167 e. The van der Waals surface area contributed by atoms with Crippen molar-refractivity contribution in [1.29, 1.82) is 0 Å². The van der Waals surface area contributed by atoms with Gasteiger partial charge in [0.05, 0.1) is 6.61 Å². The summed E-state index contributed by atoms with van der Waals surface area (Å²) in [5.74, 6) is 0.554. The number of rotatable bonds is 4. The van der Waals surface area contributed by atoms with Crippen LogP contribution in [-0.4, -0.2) is 48.0 Å². The summed E-state index contributed by atoms with van der Waals surface area (Å²) in [4.78, 5) is 18.3. The molecule has 1 fully saturated rings. The predicted octanol–water partition coefficient (Wildman–Crippen LogP) is 0.496. The zero-order valence-corrected chi connectivity index (χ0v) is 10.6. The molecule has 0 aliphatic carbocycles. The fourth-order valence-corrected chi connectivity index (χ4v) is 2.10. The summed E-state index contributed by atoms with van der Waals surface area (Å²) in [6, 6.07) is 3.55. The maximum absolute atomic E-state index is 12.1. The van der Waals surface area contributed by atoms with Crippen LogP contribution in [0.15, 0.2) is 18.3 Å². The number of hydrogen-bond donors (Lipinski definition) is 1. The van der Waals surface area contributed by atoms with Crippen LogP contribution in [0.25, 0.3) is 0 Å². The molecule has 2 heterocycles. The molecule has 18 heavy (non-hydrogen) atoms. The molecule has 1 saturated heterocycles. The predicted molar refractivity (Wildman–Crippen MR) is 69.2 cm³/mol. The topological polar surface area (TPSA) is 68.5 Å². The molecule has 2 N–H and O–H groups in total. The van der Waals surface area contributed by atoms with Crippen LogP contribution in [0.5, 0.6) is 0 Å². The molecular formula is C13H19N3O2. The van der Waals surface area contributed by atoms with Crippen LogP contribution in [0.1, 0.15) is 12.5 Å². The van der Waals surface area contributed by atoms with Gasteiger partial charge in [-0.25, -0.2) is 4.98 Å². The van der Waals surface area contributed by atoms with E-state index < -0.39 is 0 Å². The zero-order valence-electron chi connectivity index (χ0n) is 10.6. The second-order valence-electron chi connectivity index (χ2n) is 4.48. The first-order chi connectivity index (χ1) is 8.69. The Hall–Kier alpha value is -1.46. The molecule has 0 saturated carbocycles. The van der Waals surface area contributed by atoms with Gasteiger partial charge in [-0.1, -0.05) is 6.92 Å². The molecule has 0 spiro atoms. The van der Waals surface area contributed by atoms with Crippen molar-refractivity contribution in [3.8, 4) is 0 Å². The molecule has 0 radical (unpaired) electrons. The summed E-state index contributed by atoms with van der Waals surface area (Å²) in [6.07, 6.45) is 1.67. The minimum atomic E-state index is -0.312. The first kappa shape index (κ1) is 13.0. The van der Waals surface area contributed by atoms with Crippen LogP contribution in [0.4, 0.5) is 5.82 Å². The second-order valence-corrected chi connectivity index (χ2v) is 4.48. The highest BCUT2D eigenvalue weighted by molar-refractivity contribution is 5.85. The van der Waals surface area contributed by atoms with Crippen molar-refractivity contribution in [2.24, 2.45) is 0 Å². The summed E-state index contributed by atoms with van der Waals surface area (Å²) >= 11 is 0. The first-order valence-electron chi connectivity index (χ1n) is 6.26. The minimum Gasteiger partial charge on any atom is -0.384 e. The standard InChI is InChI=1S/C13H19N3O2/c1-2-16-5-6-18-12(9-16)11(17)7-10-3-4-15-13(14)8-10/h3-4,8,12H,2,5-7,9H2,1H3,(H2,14,15). The van der Waals surface area contributed by atoms with Crippen LogP contribution in [-0.2, 0) is 16.0 Å². The van der Waals surface area contributed by atoms with Crippen molar-refractivity contribution in [3.05, 3.63) is 23.9 Å². The van der Waals surface area contributed by atoms with E-state index in [1.807, 2.05) is 6.07 Å². The van der Waals surface area contributed by atoms with Crippen LogP contribution in [0.3, 0.4) is 0 Å². The van der Waals surface area contributed by atoms with Crippen LogP contribution >= 0.6 is 0 Å². The van der Waals surface area contributed by atoms with Crippen LogP contribution in [0.2, 0.25) is 0 Å². The molecule has 0 amide bonds. The maximum atomic E-state index is 12.1. The number of carbonyl (C=O) groups is 1.